The molecule has 2 rings (SSSR count). The first-order chi connectivity index (χ1) is 9.10. The van der Waals surface area contributed by atoms with Gasteiger partial charge in [-0.2, -0.15) is 0 Å². The van der Waals surface area contributed by atoms with Crippen molar-refractivity contribution in [1.29, 1.82) is 0 Å². The molecule has 2 aromatic carbocycles. The van der Waals surface area contributed by atoms with Crippen LogP contribution in [0.1, 0.15) is 5.56 Å². The Morgan fingerprint density at radius 1 is 1.16 bits per heavy atom. The fourth-order valence-electron chi connectivity index (χ4n) is 1.54. The lowest BCUT2D eigenvalue weighted by molar-refractivity contribution is 0.304. The van der Waals surface area contributed by atoms with Crippen LogP contribution in [0.4, 0.5) is 4.39 Å². The maximum atomic E-state index is 13.1. The largest absolute Gasteiger partial charge is 0.497 e. The molecule has 0 N–H and O–H groups in total. The first kappa shape index (κ1) is 14.2. The maximum absolute atomic E-state index is 13.1. The highest BCUT2D eigenvalue weighted by atomic mass is 79.9. The van der Waals surface area contributed by atoms with Gasteiger partial charge < -0.3 is 9.47 Å². The van der Waals surface area contributed by atoms with Crippen LogP contribution in [0.5, 0.6) is 11.5 Å². The monoisotopic (exact) mass is 344 g/mol. The molecule has 0 saturated carbocycles. The standard InChI is InChI=1S/C14H11BrClFO2/c1-18-10-2-4-11(5-3-10)19-8-12-13(15)6-9(17)7-14(12)16/h2-7H,8H2,1H3. The van der Waals surface area contributed by atoms with Crippen LogP contribution in [0, 0.1) is 5.82 Å². The molecule has 0 fully saturated rings. The van der Waals surface area contributed by atoms with Crippen molar-refractivity contribution < 1.29 is 13.9 Å². The lowest BCUT2D eigenvalue weighted by Crippen LogP contribution is -1.98. The molecule has 0 aliphatic rings. The van der Waals surface area contributed by atoms with Crippen molar-refractivity contribution in [1.82, 2.24) is 0 Å². The SMILES string of the molecule is COc1ccc(OCc2c(Cl)cc(F)cc2Br)cc1. The Morgan fingerprint density at radius 2 is 1.79 bits per heavy atom. The van der Waals surface area contributed by atoms with Gasteiger partial charge in [0.25, 0.3) is 0 Å². The van der Waals surface area contributed by atoms with E-state index in [4.69, 9.17) is 21.1 Å². The predicted molar refractivity (Wildman–Crippen MR) is 76.4 cm³/mol. The van der Waals surface area contributed by atoms with E-state index in [9.17, 15) is 4.39 Å². The highest BCUT2D eigenvalue weighted by molar-refractivity contribution is 9.10. The number of benzene rings is 2. The minimum atomic E-state index is -0.384. The van der Waals surface area contributed by atoms with Crippen molar-refractivity contribution in [2.24, 2.45) is 0 Å². The summed E-state index contributed by atoms with van der Waals surface area (Å²) in [6.07, 6.45) is 0. The molecule has 0 unspecified atom stereocenters. The Balaban J connectivity index is 2.10. The Morgan fingerprint density at radius 3 is 2.37 bits per heavy atom. The van der Waals surface area contributed by atoms with E-state index in [0.717, 1.165) is 5.75 Å². The highest BCUT2D eigenvalue weighted by Crippen LogP contribution is 2.28. The van der Waals surface area contributed by atoms with Crippen LogP contribution in [-0.2, 0) is 6.61 Å². The number of rotatable bonds is 4. The summed E-state index contributed by atoms with van der Waals surface area (Å²) < 4.78 is 24.3. The van der Waals surface area contributed by atoms with Crippen LogP contribution in [-0.4, -0.2) is 7.11 Å². The molecule has 2 aromatic rings. The first-order valence-corrected chi connectivity index (χ1v) is 6.67. The Labute approximate surface area is 124 Å². The summed E-state index contributed by atoms with van der Waals surface area (Å²) in [5.74, 6) is 1.06. The molecule has 100 valence electrons. The van der Waals surface area contributed by atoms with Crippen LogP contribution < -0.4 is 9.47 Å². The molecule has 5 heteroatoms. The molecule has 0 heterocycles. The zero-order chi connectivity index (χ0) is 13.8. The summed E-state index contributed by atoms with van der Waals surface area (Å²) in [6, 6.07) is 9.82. The highest BCUT2D eigenvalue weighted by Gasteiger charge is 2.09. The zero-order valence-electron chi connectivity index (χ0n) is 10.1. The average Bonchev–Trinajstić information content (AvgIpc) is 2.38. The molecule has 0 bridgehead atoms. The molecule has 0 spiro atoms. The minimum Gasteiger partial charge on any atom is -0.497 e. The molecule has 0 aromatic heterocycles. The lowest BCUT2D eigenvalue weighted by atomic mass is 10.2. The van der Waals surface area contributed by atoms with Gasteiger partial charge >= 0.3 is 0 Å². The van der Waals surface area contributed by atoms with Gasteiger partial charge in [0.2, 0.25) is 0 Å². The molecule has 0 atom stereocenters. The van der Waals surface area contributed by atoms with E-state index >= 15 is 0 Å². The second-order valence-electron chi connectivity index (χ2n) is 3.81. The fraction of sp³-hybridized carbons (Fsp3) is 0.143. The molecule has 0 saturated heterocycles. The van der Waals surface area contributed by atoms with Crippen molar-refractivity contribution in [3.63, 3.8) is 0 Å². The van der Waals surface area contributed by atoms with Crippen molar-refractivity contribution in [2.45, 2.75) is 6.61 Å². The third kappa shape index (κ3) is 3.61. The third-order valence-electron chi connectivity index (χ3n) is 2.55. The summed E-state index contributed by atoms with van der Waals surface area (Å²) in [7, 11) is 1.60. The molecule has 0 amide bonds. The molecular weight excluding hydrogens is 335 g/mol. The van der Waals surface area contributed by atoms with Crippen LogP contribution >= 0.6 is 27.5 Å². The van der Waals surface area contributed by atoms with Crippen LogP contribution in [0.2, 0.25) is 5.02 Å². The van der Waals surface area contributed by atoms with E-state index in [2.05, 4.69) is 15.9 Å². The van der Waals surface area contributed by atoms with Gasteiger partial charge in [-0.3, -0.25) is 0 Å². The quantitative estimate of drug-likeness (QED) is 0.790. The number of halogens is 3. The van der Waals surface area contributed by atoms with E-state index in [0.29, 0.717) is 20.8 Å². The van der Waals surface area contributed by atoms with Gasteiger partial charge in [0.1, 0.15) is 23.9 Å². The van der Waals surface area contributed by atoms with Gasteiger partial charge in [-0.25, -0.2) is 4.39 Å². The van der Waals surface area contributed by atoms with Crippen LogP contribution in [0.15, 0.2) is 40.9 Å². The van der Waals surface area contributed by atoms with Crippen molar-refractivity contribution >= 4 is 27.5 Å². The smallest absolute Gasteiger partial charge is 0.125 e. The molecule has 2 nitrogen and oxygen atoms in total. The summed E-state index contributed by atoms with van der Waals surface area (Å²) in [4.78, 5) is 0. The Hall–Kier alpha value is -1.26. The number of hydrogen-bond donors (Lipinski definition) is 0. The second kappa shape index (κ2) is 6.26. The average molecular weight is 346 g/mol. The van der Waals surface area contributed by atoms with E-state index < -0.39 is 0 Å². The normalized spacial score (nSPS) is 10.3. The first-order valence-electron chi connectivity index (χ1n) is 5.50. The third-order valence-corrected chi connectivity index (χ3v) is 3.59. The zero-order valence-corrected chi connectivity index (χ0v) is 12.5. The topological polar surface area (TPSA) is 18.5 Å². The van der Waals surface area contributed by atoms with Crippen LogP contribution in [0.3, 0.4) is 0 Å². The number of ether oxygens (including phenoxy) is 2. The summed E-state index contributed by atoms with van der Waals surface area (Å²) in [5.41, 5.74) is 0.707. The summed E-state index contributed by atoms with van der Waals surface area (Å²) >= 11 is 9.25. The summed E-state index contributed by atoms with van der Waals surface area (Å²) in [6.45, 7) is 0.256. The van der Waals surface area contributed by atoms with Crippen LogP contribution in [0.25, 0.3) is 0 Å². The molecule has 19 heavy (non-hydrogen) atoms. The van der Waals surface area contributed by atoms with Gasteiger partial charge in [-0.05, 0) is 36.4 Å². The Kier molecular flexibility index (Phi) is 4.66. The van der Waals surface area contributed by atoms with E-state index in [-0.39, 0.29) is 12.4 Å². The molecular formula is C14H11BrClFO2. The second-order valence-corrected chi connectivity index (χ2v) is 5.07. The van der Waals surface area contributed by atoms with E-state index in [1.165, 1.54) is 12.1 Å². The van der Waals surface area contributed by atoms with Gasteiger partial charge in [0.05, 0.1) is 12.1 Å². The van der Waals surface area contributed by atoms with Gasteiger partial charge in [-0.1, -0.05) is 27.5 Å². The fourth-order valence-corrected chi connectivity index (χ4v) is 2.46. The van der Waals surface area contributed by atoms with Crippen molar-refractivity contribution in [3.05, 3.63) is 57.3 Å². The van der Waals surface area contributed by atoms with Gasteiger partial charge in [-0.15, -0.1) is 0 Å². The number of methoxy groups -OCH3 is 1. The summed E-state index contributed by atoms with van der Waals surface area (Å²) in [5, 5.41) is 0.334. The molecule has 0 aliphatic heterocycles. The van der Waals surface area contributed by atoms with Crippen molar-refractivity contribution in [2.75, 3.05) is 7.11 Å². The molecule has 0 aliphatic carbocycles. The van der Waals surface area contributed by atoms with Gasteiger partial charge in [0, 0.05) is 10.0 Å². The predicted octanol–water partition coefficient (Wildman–Crippen LogP) is 4.83. The minimum absolute atomic E-state index is 0.256. The van der Waals surface area contributed by atoms with E-state index in [1.807, 2.05) is 0 Å². The molecule has 0 radical (unpaired) electrons. The Bertz CT molecular complexity index is 549. The lowest BCUT2D eigenvalue weighted by Gasteiger charge is -2.10. The van der Waals surface area contributed by atoms with Gasteiger partial charge in [0.15, 0.2) is 0 Å². The maximum Gasteiger partial charge on any atom is 0.125 e. The number of hydrogen-bond acceptors (Lipinski definition) is 2. The van der Waals surface area contributed by atoms with Crippen molar-refractivity contribution in [3.8, 4) is 11.5 Å². The van der Waals surface area contributed by atoms with E-state index in [1.54, 1.807) is 31.4 Å².